The van der Waals surface area contributed by atoms with Gasteiger partial charge in [-0.3, -0.25) is 9.00 Å². The molecule has 0 spiro atoms. The molecular formula is C15H20N2O2S. The first-order valence-electron chi connectivity index (χ1n) is 6.57. The lowest BCUT2D eigenvalue weighted by Gasteiger charge is -2.20. The molecule has 1 N–H and O–H groups in total. The van der Waals surface area contributed by atoms with Crippen molar-refractivity contribution in [2.24, 2.45) is 5.92 Å². The van der Waals surface area contributed by atoms with Crippen LogP contribution in [0.2, 0.25) is 0 Å². The SMILES string of the molecule is CC(C)C(C)S(=O)C(C)C(=O)Nc1ccccc1C#N. The number of hydrogen-bond acceptors (Lipinski definition) is 3. The summed E-state index contributed by atoms with van der Waals surface area (Å²) in [6.45, 7) is 7.50. The number of nitriles is 1. The Labute approximate surface area is 122 Å². The normalized spacial score (nSPS) is 15.2. The Morgan fingerprint density at radius 2 is 1.85 bits per heavy atom. The van der Waals surface area contributed by atoms with Crippen LogP contribution in [0.1, 0.15) is 33.3 Å². The molecule has 1 amide bonds. The maximum atomic E-state index is 12.3. The molecule has 3 unspecified atom stereocenters. The fraction of sp³-hybridized carbons (Fsp3) is 0.467. The first-order chi connectivity index (χ1) is 9.38. The Balaban J connectivity index is 2.81. The van der Waals surface area contributed by atoms with Crippen LogP contribution in [0.3, 0.4) is 0 Å². The third-order valence-corrected chi connectivity index (χ3v) is 5.52. The molecule has 0 saturated carbocycles. The molecule has 0 aliphatic heterocycles. The molecule has 0 aromatic heterocycles. The van der Waals surface area contributed by atoms with Gasteiger partial charge in [-0.25, -0.2) is 0 Å². The number of benzene rings is 1. The van der Waals surface area contributed by atoms with Crippen LogP contribution in [0.5, 0.6) is 0 Å². The molecule has 0 aliphatic rings. The summed E-state index contributed by atoms with van der Waals surface area (Å²) in [7, 11) is -1.25. The van der Waals surface area contributed by atoms with Gasteiger partial charge in [0.1, 0.15) is 11.3 Å². The molecule has 4 nitrogen and oxygen atoms in total. The first-order valence-corrected chi connectivity index (χ1v) is 7.85. The van der Waals surface area contributed by atoms with Crippen molar-refractivity contribution in [3.05, 3.63) is 29.8 Å². The molecule has 0 aliphatic carbocycles. The standard InChI is InChI=1S/C15H20N2O2S/c1-10(2)11(3)20(19)12(4)15(18)17-14-8-6-5-7-13(14)9-16/h5-8,10-12H,1-4H3,(H,17,18). The lowest BCUT2D eigenvalue weighted by Crippen LogP contribution is -2.35. The van der Waals surface area contributed by atoms with Crippen molar-refractivity contribution in [3.8, 4) is 6.07 Å². The molecule has 3 atom stereocenters. The van der Waals surface area contributed by atoms with E-state index in [9.17, 15) is 9.00 Å². The third kappa shape index (κ3) is 3.91. The van der Waals surface area contributed by atoms with Crippen molar-refractivity contribution in [2.45, 2.75) is 38.2 Å². The number of carbonyl (C=O) groups is 1. The molecule has 5 heteroatoms. The monoisotopic (exact) mass is 292 g/mol. The fourth-order valence-electron chi connectivity index (χ4n) is 1.62. The zero-order valence-corrected chi connectivity index (χ0v) is 13.0. The number of nitrogens with zero attached hydrogens (tertiary/aromatic N) is 1. The van der Waals surface area contributed by atoms with Gasteiger partial charge in [0.15, 0.2) is 0 Å². The summed E-state index contributed by atoms with van der Waals surface area (Å²) in [6, 6.07) is 8.79. The third-order valence-electron chi connectivity index (χ3n) is 3.33. The minimum absolute atomic E-state index is 0.0537. The van der Waals surface area contributed by atoms with Gasteiger partial charge in [0.25, 0.3) is 0 Å². The Morgan fingerprint density at radius 1 is 1.25 bits per heavy atom. The zero-order chi connectivity index (χ0) is 15.3. The number of anilines is 1. The number of nitrogens with one attached hydrogen (secondary N) is 1. The fourth-order valence-corrected chi connectivity index (χ4v) is 3.07. The topological polar surface area (TPSA) is 70.0 Å². The molecule has 1 rings (SSSR count). The van der Waals surface area contributed by atoms with E-state index in [1.54, 1.807) is 31.2 Å². The van der Waals surface area contributed by atoms with Gasteiger partial charge in [0, 0.05) is 16.0 Å². The van der Waals surface area contributed by atoms with Gasteiger partial charge in [-0.05, 0) is 25.0 Å². The van der Waals surface area contributed by atoms with Crippen LogP contribution >= 0.6 is 0 Å². The first kappa shape index (κ1) is 16.4. The van der Waals surface area contributed by atoms with E-state index in [-0.39, 0.29) is 17.1 Å². The summed E-state index contributed by atoms with van der Waals surface area (Å²) >= 11 is 0. The molecule has 0 fully saturated rings. The number of carbonyl (C=O) groups excluding carboxylic acids is 1. The Kier molecular flexibility index (Phi) is 5.90. The van der Waals surface area contributed by atoms with E-state index in [0.717, 1.165) is 0 Å². The number of amides is 1. The molecule has 1 aromatic carbocycles. The van der Waals surface area contributed by atoms with Crippen LogP contribution in [0, 0.1) is 17.2 Å². The van der Waals surface area contributed by atoms with Crippen molar-refractivity contribution < 1.29 is 9.00 Å². The van der Waals surface area contributed by atoms with Crippen LogP contribution in [0.25, 0.3) is 0 Å². The van der Waals surface area contributed by atoms with Crippen molar-refractivity contribution in [1.82, 2.24) is 0 Å². The largest absolute Gasteiger partial charge is 0.324 e. The Hall–Kier alpha value is -1.67. The van der Waals surface area contributed by atoms with E-state index in [1.165, 1.54) is 0 Å². The predicted octanol–water partition coefficient (Wildman–Crippen LogP) is 2.68. The zero-order valence-electron chi connectivity index (χ0n) is 12.2. The van der Waals surface area contributed by atoms with Crippen molar-refractivity contribution in [3.63, 3.8) is 0 Å². The summed E-state index contributed by atoms with van der Waals surface area (Å²) < 4.78 is 12.3. The van der Waals surface area contributed by atoms with E-state index in [2.05, 4.69) is 5.32 Å². The minimum Gasteiger partial charge on any atom is -0.324 e. The number of para-hydroxylation sites is 1. The van der Waals surface area contributed by atoms with Gasteiger partial charge in [-0.2, -0.15) is 5.26 Å². The highest BCUT2D eigenvalue weighted by Gasteiger charge is 2.26. The van der Waals surface area contributed by atoms with Crippen molar-refractivity contribution >= 4 is 22.4 Å². The van der Waals surface area contributed by atoms with Gasteiger partial charge in [-0.15, -0.1) is 0 Å². The molecular weight excluding hydrogens is 272 g/mol. The van der Waals surface area contributed by atoms with Gasteiger partial charge in [-0.1, -0.05) is 32.9 Å². The summed E-state index contributed by atoms with van der Waals surface area (Å²) in [5.74, 6) is -0.0731. The van der Waals surface area contributed by atoms with Gasteiger partial charge in [0.2, 0.25) is 5.91 Å². The molecule has 0 bridgehead atoms. The molecule has 0 radical (unpaired) electrons. The molecule has 0 heterocycles. The second-order valence-electron chi connectivity index (χ2n) is 5.07. The van der Waals surface area contributed by atoms with E-state index < -0.39 is 16.0 Å². The van der Waals surface area contributed by atoms with Gasteiger partial charge in [0.05, 0.1) is 11.3 Å². The summed E-state index contributed by atoms with van der Waals surface area (Å²) in [6.07, 6.45) is 0. The minimum atomic E-state index is -1.25. The molecule has 108 valence electrons. The van der Waals surface area contributed by atoms with Crippen LogP contribution in [-0.4, -0.2) is 20.6 Å². The van der Waals surface area contributed by atoms with E-state index in [0.29, 0.717) is 11.3 Å². The smallest absolute Gasteiger partial charge is 0.239 e. The second-order valence-corrected chi connectivity index (χ2v) is 7.17. The van der Waals surface area contributed by atoms with Crippen molar-refractivity contribution in [2.75, 3.05) is 5.32 Å². The van der Waals surface area contributed by atoms with E-state index >= 15 is 0 Å². The van der Waals surface area contributed by atoms with Crippen LogP contribution in [0.4, 0.5) is 5.69 Å². The average molecular weight is 292 g/mol. The lowest BCUT2D eigenvalue weighted by molar-refractivity contribution is -0.115. The maximum Gasteiger partial charge on any atom is 0.239 e. The van der Waals surface area contributed by atoms with Crippen LogP contribution in [-0.2, 0) is 15.6 Å². The predicted molar refractivity (Wildman–Crippen MR) is 81.7 cm³/mol. The average Bonchev–Trinajstić information content (AvgIpc) is 2.45. The molecule has 0 saturated heterocycles. The lowest BCUT2D eigenvalue weighted by atomic mass is 10.2. The van der Waals surface area contributed by atoms with Crippen LogP contribution in [0.15, 0.2) is 24.3 Å². The molecule has 1 aromatic rings. The van der Waals surface area contributed by atoms with E-state index in [1.807, 2.05) is 26.8 Å². The van der Waals surface area contributed by atoms with Gasteiger partial charge < -0.3 is 5.32 Å². The van der Waals surface area contributed by atoms with E-state index in [4.69, 9.17) is 5.26 Å². The Bertz CT molecular complexity index is 549. The number of hydrogen-bond donors (Lipinski definition) is 1. The number of rotatable bonds is 5. The quantitative estimate of drug-likeness (QED) is 0.907. The summed E-state index contributed by atoms with van der Waals surface area (Å²) in [4.78, 5) is 12.1. The second kappa shape index (κ2) is 7.20. The molecule has 20 heavy (non-hydrogen) atoms. The van der Waals surface area contributed by atoms with Crippen molar-refractivity contribution in [1.29, 1.82) is 5.26 Å². The highest BCUT2D eigenvalue weighted by atomic mass is 32.2. The maximum absolute atomic E-state index is 12.3. The van der Waals surface area contributed by atoms with Crippen LogP contribution < -0.4 is 5.32 Å². The Morgan fingerprint density at radius 3 is 2.40 bits per heavy atom. The van der Waals surface area contributed by atoms with Gasteiger partial charge >= 0.3 is 0 Å². The summed E-state index contributed by atoms with van der Waals surface area (Å²) in [5.41, 5.74) is 0.858. The highest BCUT2D eigenvalue weighted by molar-refractivity contribution is 7.87. The summed E-state index contributed by atoms with van der Waals surface area (Å²) in [5, 5.41) is 11.0. The highest BCUT2D eigenvalue weighted by Crippen LogP contribution is 2.17.